The summed E-state index contributed by atoms with van der Waals surface area (Å²) in [5.74, 6) is 0.0288. The van der Waals surface area contributed by atoms with Crippen LogP contribution in [0, 0.1) is 13.8 Å². The van der Waals surface area contributed by atoms with E-state index in [0.29, 0.717) is 6.54 Å². The molecule has 1 amide bonds. The molecule has 1 aliphatic rings. The average molecular weight is 300 g/mol. The highest BCUT2D eigenvalue weighted by Crippen LogP contribution is 2.23. The fourth-order valence-corrected chi connectivity index (χ4v) is 3.69. The van der Waals surface area contributed by atoms with Gasteiger partial charge in [-0.1, -0.05) is 24.3 Å². The summed E-state index contributed by atoms with van der Waals surface area (Å²) in [5, 5.41) is 6.55. The number of hydrogen-bond acceptors (Lipinski definition) is 3. The lowest BCUT2D eigenvalue weighted by Gasteiger charge is -2.27. The Hall–Kier alpha value is -1.65. The highest BCUT2D eigenvalue weighted by Gasteiger charge is 2.20. The van der Waals surface area contributed by atoms with E-state index < -0.39 is 0 Å². The molecule has 0 fully saturated rings. The highest BCUT2D eigenvalue weighted by molar-refractivity contribution is 7.14. The molecule has 2 N–H and O–H groups in total. The predicted octanol–water partition coefficient (Wildman–Crippen LogP) is 2.98. The Morgan fingerprint density at radius 3 is 2.95 bits per heavy atom. The molecule has 1 unspecified atom stereocenters. The van der Waals surface area contributed by atoms with Crippen LogP contribution in [0.5, 0.6) is 0 Å². The second-order valence-corrected chi connectivity index (χ2v) is 6.77. The molecular formula is C17H20N2OS. The molecule has 0 bridgehead atoms. The molecule has 3 nitrogen and oxygen atoms in total. The molecule has 1 aromatic carbocycles. The minimum Gasteiger partial charge on any atom is -0.349 e. The van der Waals surface area contributed by atoms with Gasteiger partial charge >= 0.3 is 0 Å². The summed E-state index contributed by atoms with van der Waals surface area (Å²) in [6, 6.07) is 10.6. The second-order valence-electron chi connectivity index (χ2n) is 5.52. The van der Waals surface area contributed by atoms with Crippen molar-refractivity contribution in [3.05, 3.63) is 56.8 Å². The number of amides is 1. The lowest BCUT2D eigenvalue weighted by molar-refractivity contribution is 0.0953. The van der Waals surface area contributed by atoms with Gasteiger partial charge in [0.05, 0.1) is 4.88 Å². The Morgan fingerprint density at radius 1 is 1.38 bits per heavy atom. The van der Waals surface area contributed by atoms with E-state index in [-0.39, 0.29) is 11.9 Å². The number of thiophene rings is 1. The van der Waals surface area contributed by atoms with Gasteiger partial charge in [-0.15, -0.1) is 11.3 Å². The van der Waals surface area contributed by atoms with E-state index >= 15 is 0 Å². The molecule has 0 spiro atoms. The molecule has 110 valence electrons. The lowest BCUT2D eigenvalue weighted by Crippen LogP contribution is -2.38. The summed E-state index contributed by atoms with van der Waals surface area (Å²) in [7, 11) is 0. The van der Waals surface area contributed by atoms with Gasteiger partial charge in [0.15, 0.2) is 0 Å². The number of fused-ring (bicyclic) bond motifs is 1. The first kappa shape index (κ1) is 14.3. The van der Waals surface area contributed by atoms with Gasteiger partial charge in [0, 0.05) is 17.5 Å². The van der Waals surface area contributed by atoms with Gasteiger partial charge in [-0.25, -0.2) is 0 Å². The number of hydrogen-bond donors (Lipinski definition) is 2. The first-order chi connectivity index (χ1) is 10.1. The Bertz CT molecular complexity index is 643. The van der Waals surface area contributed by atoms with E-state index in [4.69, 9.17) is 0 Å². The zero-order valence-electron chi connectivity index (χ0n) is 12.4. The van der Waals surface area contributed by atoms with Gasteiger partial charge in [-0.3, -0.25) is 4.79 Å². The largest absolute Gasteiger partial charge is 0.349 e. The quantitative estimate of drug-likeness (QED) is 0.915. The summed E-state index contributed by atoms with van der Waals surface area (Å²) >= 11 is 1.56. The van der Waals surface area contributed by atoms with Crippen molar-refractivity contribution in [1.29, 1.82) is 0 Å². The highest BCUT2D eigenvalue weighted by atomic mass is 32.1. The second kappa shape index (κ2) is 6.00. The van der Waals surface area contributed by atoms with Crippen molar-refractivity contribution in [2.24, 2.45) is 0 Å². The molecule has 0 saturated carbocycles. The molecule has 0 aliphatic carbocycles. The van der Waals surface area contributed by atoms with Crippen LogP contribution in [0.1, 0.15) is 37.3 Å². The van der Waals surface area contributed by atoms with Crippen molar-refractivity contribution in [2.75, 3.05) is 13.1 Å². The smallest absolute Gasteiger partial charge is 0.261 e. The minimum atomic E-state index is 0.0288. The Kier molecular flexibility index (Phi) is 4.08. The Balaban J connectivity index is 1.67. The van der Waals surface area contributed by atoms with Crippen LogP contribution in [0.25, 0.3) is 0 Å². The molecule has 1 aromatic heterocycles. The Labute approximate surface area is 129 Å². The number of rotatable bonds is 3. The summed E-state index contributed by atoms with van der Waals surface area (Å²) in [5.41, 5.74) is 3.88. The zero-order chi connectivity index (χ0) is 14.8. The third-order valence-electron chi connectivity index (χ3n) is 4.07. The SMILES string of the molecule is Cc1cc(C(=O)NCC2NCCc3ccccc32)sc1C. The maximum absolute atomic E-state index is 12.2. The van der Waals surface area contributed by atoms with Crippen LogP contribution in [-0.2, 0) is 6.42 Å². The molecule has 2 aromatic rings. The van der Waals surface area contributed by atoms with Crippen molar-refractivity contribution in [3.63, 3.8) is 0 Å². The van der Waals surface area contributed by atoms with Crippen molar-refractivity contribution in [2.45, 2.75) is 26.3 Å². The van der Waals surface area contributed by atoms with Gasteiger partial charge in [0.1, 0.15) is 0 Å². The fourth-order valence-electron chi connectivity index (χ4n) is 2.74. The normalized spacial score (nSPS) is 17.3. The third-order valence-corrected chi connectivity index (χ3v) is 5.22. The molecule has 4 heteroatoms. The number of carbonyl (C=O) groups is 1. The van der Waals surface area contributed by atoms with Crippen LogP contribution in [0.4, 0.5) is 0 Å². The van der Waals surface area contributed by atoms with Crippen LogP contribution in [-0.4, -0.2) is 19.0 Å². The van der Waals surface area contributed by atoms with Crippen molar-refractivity contribution >= 4 is 17.2 Å². The summed E-state index contributed by atoms with van der Waals surface area (Å²) < 4.78 is 0. The van der Waals surface area contributed by atoms with E-state index in [0.717, 1.165) is 17.8 Å². The standard InChI is InChI=1S/C17H20N2OS/c1-11-9-16(21-12(11)2)17(20)19-10-15-14-6-4-3-5-13(14)7-8-18-15/h3-6,9,15,18H,7-8,10H2,1-2H3,(H,19,20). The fraction of sp³-hybridized carbons (Fsp3) is 0.353. The molecular weight excluding hydrogens is 280 g/mol. The van der Waals surface area contributed by atoms with Crippen LogP contribution >= 0.6 is 11.3 Å². The number of nitrogens with one attached hydrogen (secondary N) is 2. The molecule has 2 heterocycles. The van der Waals surface area contributed by atoms with Gasteiger partial charge in [0.25, 0.3) is 5.91 Å². The van der Waals surface area contributed by atoms with Crippen LogP contribution in [0.15, 0.2) is 30.3 Å². The number of aryl methyl sites for hydroxylation is 2. The summed E-state index contributed by atoms with van der Waals surface area (Å²) in [6.07, 6.45) is 1.06. The molecule has 21 heavy (non-hydrogen) atoms. The molecule has 0 radical (unpaired) electrons. The monoisotopic (exact) mass is 300 g/mol. The van der Waals surface area contributed by atoms with Gasteiger partial charge < -0.3 is 10.6 Å². The lowest BCUT2D eigenvalue weighted by atomic mass is 9.94. The minimum absolute atomic E-state index is 0.0288. The van der Waals surface area contributed by atoms with E-state index in [2.05, 4.69) is 41.8 Å². The summed E-state index contributed by atoms with van der Waals surface area (Å²) in [4.78, 5) is 14.2. The van der Waals surface area contributed by atoms with Crippen LogP contribution in [0.2, 0.25) is 0 Å². The number of carbonyl (C=O) groups excluding carboxylic acids is 1. The van der Waals surface area contributed by atoms with Gasteiger partial charge in [0.2, 0.25) is 0 Å². The van der Waals surface area contributed by atoms with Gasteiger partial charge in [-0.2, -0.15) is 0 Å². The number of benzene rings is 1. The van der Waals surface area contributed by atoms with E-state index in [1.54, 1.807) is 11.3 Å². The Morgan fingerprint density at radius 2 is 2.19 bits per heavy atom. The topological polar surface area (TPSA) is 41.1 Å². The average Bonchev–Trinajstić information content (AvgIpc) is 2.84. The maximum atomic E-state index is 12.2. The first-order valence-electron chi connectivity index (χ1n) is 7.31. The third kappa shape index (κ3) is 3.01. The van der Waals surface area contributed by atoms with E-state index in [1.807, 2.05) is 13.0 Å². The van der Waals surface area contributed by atoms with Crippen molar-refractivity contribution in [3.8, 4) is 0 Å². The van der Waals surface area contributed by atoms with Crippen LogP contribution in [0.3, 0.4) is 0 Å². The molecule has 1 atom stereocenters. The van der Waals surface area contributed by atoms with E-state index in [9.17, 15) is 4.79 Å². The van der Waals surface area contributed by atoms with Gasteiger partial charge in [-0.05, 0) is 49.6 Å². The molecule has 1 aliphatic heterocycles. The predicted molar refractivity (Wildman–Crippen MR) is 87.0 cm³/mol. The van der Waals surface area contributed by atoms with Crippen molar-refractivity contribution in [1.82, 2.24) is 10.6 Å². The first-order valence-corrected chi connectivity index (χ1v) is 8.13. The molecule has 3 rings (SSSR count). The zero-order valence-corrected chi connectivity index (χ0v) is 13.2. The molecule has 0 saturated heterocycles. The summed E-state index contributed by atoms with van der Waals surface area (Å²) in [6.45, 7) is 5.69. The maximum Gasteiger partial charge on any atom is 0.261 e. The van der Waals surface area contributed by atoms with Crippen molar-refractivity contribution < 1.29 is 4.79 Å². The van der Waals surface area contributed by atoms with Crippen LogP contribution < -0.4 is 10.6 Å². The van der Waals surface area contributed by atoms with E-state index in [1.165, 1.54) is 21.6 Å².